The van der Waals surface area contributed by atoms with E-state index in [1.807, 2.05) is 30.3 Å². The van der Waals surface area contributed by atoms with Crippen molar-refractivity contribution in [3.63, 3.8) is 0 Å². The van der Waals surface area contributed by atoms with Crippen LogP contribution in [0.4, 0.5) is 10.1 Å². The smallest absolute Gasteiger partial charge is 0.259 e. The van der Waals surface area contributed by atoms with Crippen molar-refractivity contribution in [3.05, 3.63) is 66.0 Å². The van der Waals surface area contributed by atoms with Crippen LogP contribution in [-0.2, 0) is 14.4 Å². The van der Waals surface area contributed by atoms with E-state index >= 15 is 0 Å². The third-order valence-electron chi connectivity index (χ3n) is 4.18. The quantitative estimate of drug-likeness (QED) is 0.861. The minimum atomic E-state index is -0.863. The fourth-order valence-corrected chi connectivity index (χ4v) is 3.13. The zero-order chi connectivity index (χ0) is 16.0. The molecule has 2 aromatic carbocycles. The molecular weight excluding hydrogens is 299 g/mol. The highest BCUT2D eigenvalue weighted by molar-refractivity contribution is 6.07. The van der Waals surface area contributed by atoms with Crippen molar-refractivity contribution >= 4 is 17.5 Å². The van der Waals surface area contributed by atoms with Gasteiger partial charge in [0.05, 0.1) is 11.7 Å². The second-order valence-corrected chi connectivity index (χ2v) is 5.56. The van der Waals surface area contributed by atoms with E-state index in [-0.39, 0.29) is 11.7 Å². The molecule has 2 aromatic rings. The van der Waals surface area contributed by atoms with Gasteiger partial charge in [0, 0.05) is 0 Å². The summed E-state index contributed by atoms with van der Waals surface area (Å²) in [5, 5.41) is 3.87. The predicted octanol–water partition coefficient (Wildman–Crippen LogP) is 1.96. The Morgan fingerprint density at radius 1 is 0.957 bits per heavy atom. The molecule has 2 fully saturated rings. The predicted molar refractivity (Wildman–Crippen MR) is 79.6 cm³/mol. The summed E-state index contributed by atoms with van der Waals surface area (Å²) < 4.78 is 13.2. The van der Waals surface area contributed by atoms with Crippen molar-refractivity contribution in [2.45, 2.75) is 12.1 Å². The molecule has 0 unspecified atom stereocenters. The van der Waals surface area contributed by atoms with Gasteiger partial charge in [-0.2, -0.15) is 0 Å². The molecule has 0 bridgehead atoms. The molecule has 2 aliphatic rings. The van der Waals surface area contributed by atoms with Crippen LogP contribution in [0.15, 0.2) is 54.6 Å². The summed E-state index contributed by atoms with van der Waals surface area (Å²) in [6, 6.07) is 14.6. The maximum atomic E-state index is 13.2. The van der Waals surface area contributed by atoms with Crippen LogP contribution < -0.4 is 10.4 Å². The van der Waals surface area contributed by atoms with E-state index < -0.39 is 24.0 Å². The Morgan fingerprint density at radius 3 is 2.35 bits per heavy atom. The van der Waals surface area contributed by atoms with Crippen molar-refractivity contribution in [1.29, 1.82) is 0 Å². The fourth-order valence-electron chi connectivity index (χ4n) is 3.13. The minimum absolute atomic E-state index is 0.359. The molecule has 6 heteroatoms. The van der Waals surface area contributed by atoms with Crippen molar-refractivity contribution < 1.29 is 18.8 Å². The van der Waals surface area contributed by atoms with Crippen molar-refractivity contribution in [2.75, 3.05) is 5.06 Å². The lowest BCUT2D eigenvalue weighted by Crippen LogP contribution is -2.33. The zero-order valence-electron chi connectivity index (χ0n) is 12.0. The highest BCUT2D eigenvalue weighted by atomic mass is 19.1. The molecule has 3 atom stereocenters. The van der Waals surface area contributed by atoms with Crippen molar-refractivity contribution in [2.24, 2.45) is 5.92 Å². The number of para-hydroxylation sites is 1. The summed E-state index contributed by atoms with van der Waals surface area (Å²) in [5.74, 6) is -1.83. The average molecular weight is 312 g/mol. The number of carbonyl (C=O) groups is 2. The summed E-state index contributed by atoms with van der Waals surface area (Å²) in [6.07, 6.45) is -0.863. The molecule has 2 aliphatic heterocycles. The van der Waals surface area contributed by atoms with Crippen LogP contribution >= 0.6 is 0 Å². The highest BCUT2D eigenvalue weighted by Gasteiger charge is 2.56. The Labute approximate surface area is 131 Å². The third-order valence-corrected chi connectivity index (χ3v) is 4.18. The maximum absolute atomic E-state index is 13.2. The molecule has 0 spiro atoms. The van der Waals surface area contributed by atoms with Gasteiger partial charge in [-0.05, 0) is 29.8 Å². The van der Waals surface area contributed by atoms with Gasteiger partial charge in [-0.15, -0.1) is 0 Å². The van der Waals surface area contributed by atoms with Crippen LogP contribution in [0, 0.1) is 11.7 Å². The van der Waals surface area contributed by atoms with Gasteiger partial charge in [0.25, 0.3) is 5.91 Å². The minimum Gasteiger partial charge on any atom is -0.294 e. The number of hydrogen-bond acceptors (Lipinski definition) is 4. The number of hydroxylamine groups is 1. The molecule has 2 saturated heterocycles. The molecule has 0 radical (unpaired) electrons. The second kappa shape index (κ2) is 5.17. The van der Waals surface area contributed by atoms with Gasteiger partial charge in [0.15, 0.2) is 6.10 Å². The van der Waals surface area contributed by atoms with Crippen LogP contribution in [-0.4, -0.2) is 17.9 Å². The Morgan fingerprint density at radius 2 is 1.65 bits per heavy atom. The summed E-state index contributed by atoms with van der Waals surface area (Å²) in [5.41, 5.74) is 1.45. The normalized spacial score (nSPS) is 26.3. The third kappa shape index (κ3) is 2.19. The van der Waals surface area contributed by atoms with E-state index in [1.54, 1.807) is 17.2 Å². The van der Waals surface area contributed by atoms with Gasteiger partial charge in [-0.1, -0.05) is 30.3 Å². The average Bonchev–Trinajstić information content (AvgIpc) is 3.08. The molecule has 2 heterocycles. The number of hydrogen-bond donors (Lipinski definition) is 1. The zero-order valence-corrected chi connectivity index (χ0v) is 12.0. The lowest BCUT2D eigenvalue weighted by atomic mass is 9.90. The molecule has 0 saturated carbocycles. The first kappa shape index (κ1) is 13.9. The Bertz CT molecular complexity index is 763. The Hall–Kier alpha value is -2.73. The van der Waals surface area contributed by atoms with Crippen LogP contribution in [0.5, 0.6) is 0 Å². The topological polar surface area (TPSA) is 58.6 Å². The summed E-state index contributed by atoms with van der Waals surface area (Å²) in [6.45, 7) is 0. The van der Waals surface area contributed by atoms with Gasteiger partial charge in [-0.25, -0.2) is 9.45 Å². The largest absolute Gasteiger partial charge is 0.294 e. The van der Waals surface area contributed by atoms with E-state index in [2.05, 4.69) is 5.32 Å². The van der Waals surface area contributed by atoms with Gasteiger partial charge in [0.1, 0.15) is 11.7 Å². The number of carbonyl (C=O) groups excluding carboxylic acids is 2. The number of benzene rings is 2. The van der Waals surface area contributed by atoms with Crippen LogP contribution in [0.3, 0.4) is 0 Å². The molecule has 4 rings (SSSR count). The number of nitrogens with zero attached hydrogens (tertiary/aromatic N) is 1. The molecule has 0 aromatic heterocycles. The van der Waals surface area contributed by atoms with Gasteiger partial charge in [0.2, 0.25) is 5.91 Å². The molecule has 116 valence electrons. The van der Waals surface area contributed by atoms with Crippen LogP contribution in [0.2, 0.25) is 0 Å². The number of imide groups is 1. The van der Waals surface area contributed by atoms with Crippen molar-refractivity contribution in [1.82, 2.24) is 5.32 Å². The Balaban J connectivity index is 1.80. The lowest BCUT2D eigenvalue weighted by Gasteiger charge is -2.27. The monoisotopic (exact) mass is 312 g/mol. The van der Waals surface area contributed by atoms with E-state index in [0.29, 0.717) is 5.56 Å². The SMILES string of the molecule is O=C1NC(=O)[C@@H]2ON(c3ccccc3)[C@@H](c3ccc(F)cc3)[C@H]12. The summed E-state index contributed by atoms with van der Waals surface area (Å²) >= 11 is 0. The van der Waals surface area contributed by atoms with Gasteiger partial charge < -0.3 is 0 Å². The fraction of sp³-hybridized carbons (Fsp3) is 0.176. The number of rotatable bonds is 2. The first-order valence-corrected chi connectivity index (χ1v) is 7.26. The number of amides is 2. The van der Waals surface area contributed by atoms with Gasteiger partial charge >= 0.3 is 0 Å². The van der Waals surface area contributed by atoms with Crippen molar-refractivity contribution in [3.8, 4) is 0 Å². The van der Waals surface area contributed by atoms with E-state index in [4.69, 9.17) is 4.84 Å². The standard InChI is InChI=1S/C17H13FN2O3/c18-11-8-6-10(7-9-11)14-13-15(17(22)19-16(13)21)23-20(14)12-4-2-1-3-5-12/h1-9,13-15H,(H,19,21,22)/t13-,14-,15+/m0/s1. The van der Waals surface area contributed by atoms with Crippen LogP contribution in [0.25, 0.3) is 0 Å². The first-order chi connectivity index (χ1) is 11.1. The second-order valence-electron chi connectivity index (χ2n) is 5.56. The number of halogens is 1. The molecule has 5 nitrogen and oxygen atoms in total. The highest BCUT2D eigenvalue weighted by Crippen LogP contribution is 2.44. The van der Waals surface area contributed by atoms with Crippen LogP contribution in [0.1, 0.15) is 11.6 Å². The van der Waals surface area contributed by atoms with Gasteiger partial charge in [-0.3, -0.25) is 19.7 Å². The molecule has 1 N–H and O–H groups in total. The lowest BCUT2D eigenvalue weighted by molar-refractivity contribution is -0.129. The number of anilines is 1. The first-order valence-electron chi connectivity index (χ1n) is 7.26. The van der Waals surface area contributed by atoms with E-state index in [0.717, 1.165) is 5.69 Å². The maximum Gasteiger partial charge on any atom is 0.259 e. The number of fused-ring (bicyclic) bond motifs is 1. The Kier molecular flexibility index (Phi) is 3.12. The molecular formula is C17H13FN2O3. The van der Waals surface area contributed by atoms with E-state index in [1.165, 1.54) is 12.1 Å². The number of nitrogens with one attached hydrogen (secondary N) is 1. The molecule has 0 aliphatic carbocycles. The summed E-state index contributed by atoms with van der Waals surface area (Å²) in [4.78, 5) is 29.9. The molecule has 2 amide bonds. The molecule has 23 heavy (non-hydrogen) atoms. The summed E-state index contributed by atoms with van der Waals surface area (Å²) in [7, 11) is 0. The van der Waals surface area contributed by atoms with E-state index in [9.17, 15) is 14.0 Å².